The molecular weight excluding hydrogens is 200 g/mol. The first-order valence-electron chi connectivity index (χ1n) is 5.92. The lowest BCUT2D eigenvalue weighted by atomic mass is 9.92. The third-order valence-electron chi connectivity index (χ3n) is 3.44. The predicted molar refractivity (Wildman–Crippen MR) is 63.3 cm³/mol. The first-order chi connectivity index (χ1) is 7.77. The van der Waals surface area contributed by atoms with Gasteiger partial charge in [0.25, 0.3) is 0 Å². The van der Waals surface area contributed by atoms with Crippen LogP contribution in [0, 0.1) is 0 Å². The average molecular weight is 216 g/mol. The van der Waals surface area contributed by atoms with E-state index in [0.29, 0.717) is 6.04 Å². The summed E-state index contributed by atoms with van der Waals surface area (Å²) in [5.41, 5.74) is 2.15. The van der Waals surface area contributed by atoms with Gasteiger partial charge >= 0.3 is 0 Å². The van der Waals surface area contributed by atoms with Crippen LogP contribution in [0.2, 0.25) is 0 Å². The number of aliphatic hydroxyl groups excluding tert-OH is 1. The molecule has 84 valence electrons. The molecule has 1 fully saturated rings. The quantitative estimate of drug-likeness (QED) is 0.838. The molecule has 1 aliphatic carbocycles. The second kappa shape index (κ2) is 3.59. The van der Waals surface area contributed by atoms with Gasteiger partial charge in [-0.15, -0.1) is 0 Å². The number of imidazole rings is 1. The van der Waals surface area contributed by atoms with Crippen LogP contribution in [0.15, 0.2) is 24.3 Å². The van der Waals surface area contributed by atoms with Crippen molar-refractivity contribution in [3.63, 3.8) is 0 Å². The van der Waals surface area contributed by atoms with Crippen LogP contribution < -0.4 is 0 Å². The third kappa shape index (κ3) is 1.35. The van der Waals surface area contributed by atoms with Crippen molar-refractivity contribution in [2.75, 3.05) is 0 Å². The Morgan fingerprint density at radius 3 is 2.75 bits per heavy atom. The Morgan fingerprint density at radius 2 is 2.12 bits per heavy atom. The maximum Gasteiger partial charge on any atom is 0.138 e. The van der Waals surface area contributed by atoms with Gasteiger partial charge in [0.05, 0.1) is 11.0 Å². The Labute approximate surface area is 94.7 Å². The van der Waals surface area contributed by atoms with Crippen molar-refractivity contribution in [3.8, 4) is 0 Å². The van der Waals surface area contributed by atoms with Gasteiger partial charge in [-0.05, 0) is 38.3 Å². The Bertz CT molecular complexity index is 512. The highest BCUT2D eigenvalue weighted by Gasteiger charge is 2.25. The molecule has 0 aliphatic heterocycles. The lowest BCUT2D eigenvalue weighted by Gasteiger charge is -2.29. The second-order valence-corrected chi connectivity index (χ2v) is 4.59. The van der Waals surface area contributed by atoms with Crippen LogP contribution in [0.1, 0.15) is 44.2 Å². The molecule has 0 amide bonds. The van der Waals surface area contributed by atoms with E-state index in [-0.39, 0.29) is 0 Å². The van der Waals surface area contributed by atoms with Crippen molar-refractivity contribution in [2.45, 2.75) is 38.3 Å². The molecule has 1 aromatic heterocycles. The molecule has 0 radical (unpaired) electrons. The normalized spacial score (nSPS) is 18.6. The lowest BCUT2D eigenvalue weighted by molar-refractivity contribution is 0.174. The van der Waals surface area contributed by atoms with Gasteiger partial charge in [0.2, 0.25) is 0 Å². The molecular formula is C13H16N2O. The van der Waals surface area contributed by atoms with Crippen LogP contribution in [0.5, 0.6) is 0 Å². The zero-order valence-corrected chi connectivity index (χ0v) is 9.43. The van der Waals surface area contributed by atoms with Gasteiger partial charge < -0.3 is 9.67 Å². The van der Waals surface area contributed by atoms with Crippen molar-refractivity contribution in [3.05, 3.63) is 30.1 Å². The standard InChI is InChI=1S/C13H16N2O/c1-9(16)13-14-11-7-2-3-8-12(11)15(13)10-5-4-6-10/h2-3,7-10,16H,4-6H2,1H3/t9-/m0/s1. The van der Waals surface area contributed by atoms with Gasteiger partial charge in [-0.1, -0.05) is 12.1 Å². The first-order valence-corrected chi connectivity index (χ1v) is 5.92. The van der Waals surface area contributed by atoms with Crippen LogP contribution in [0.25, 0.3) is 11.0 Å². The van der Waals surface area contributed by atoms with E-state index in [2.05, 4.69) is 15.6 Å². The highest BCUT2D eigenvalue weighted by Crippen LogP contribution is 2.36. The summed E-state index contributed by atoms with van der Waals surface area (Å²) in [4.78, 5) is 4.53. The van der Waals surface area contributed by atoms with E-state index in [1.807, 2.05) is 18.2 Å². The molecule has 1 N–H and O–H groups in total. The molecule has 1 aromatic carbocycles. The molecule has 3 rings (SSSR count). The number of aliphatic hydroxyl groups is 1. The topological polar surface area (TPSA) is 38.1 Å². The van der Waals surface area contributed by atoms with Crippen molar-refractivity contribution >= 4 is 11.0 Å². The van der Waals surface area contributed by atoms with Crippen LogP contribution in [-0.2, 0) is 0 Å². The fourth-order valence-corrected chi connectivity index (χ4v) is 2.39. The van der Waals surface area contributed by atoms with Crippen LogP contribution in [0.4, 0.5) is 0 Å². The Morgan fingerprint density at radius 1 is 1.38 bits per heavy atom. The SMILES string of the molecule is C[C@H](O)c1nc2ccccc2n1C1CCC1. The highest BCUT2D eigenvalue weighted by molar-refractivity contribution is 5.76. The highest BCUT2D eigenvalue weighted by atomic mass is 16.3. The van der Waals surface area contributed by atoms with Crippen molar-refractivity contribution in [1.82, 2.24) is 9.55 Å². The van der Waals surface area contributed by atoms with Gasteiger partial charge in [-0.2, -0.15) is 0 Å². The summed E-state index contributed by atoms with van der Waals surface area (Å²) in [5, 5.41) is 9.79. The number of aromatic nitrogens is 2. The van der Waals surface area contributed by atoms with E-state index in [9.17, 15) is 5.11 Å². The fourth-order valence-electron chi connectivity index (χ4n) is 2.39. The van der Waals surface area contributed by atoms with Crippen molar-refractivity contribution in [2.24, 2.45) is 0 Å². The minimum Gasteiger partial charge on any atom is -0.385 e. The molecule has 1 aliphatic rings. The van der Waals surface area contributed by atoms with Crippen LogP contribution in [-0.4, -0.2) is 14.7 Å². The Hall–Kier alpha value is -1.35. The molecule has 1 heterocycles. The summed E-state index contributed by atoms with van der Waals surface area (Å²) in [6, 6.07) is 8.66. The summed E-state index contributed by atoms with van der Waals surface area (Å²) in [6.45, 7) is 1.79. The summed E-state index contributed by atoms with van der Waals surface area (Å²) in [5.74, 6) is 0.811. The van der Waals surface area contributed by atoms with Crippen molar-refractivity contribution < 1.29 is 5.11 Å². The average Bonchev–Trinajstić information content (AvgIpc) is 2.56. The van der Waals surface area contributed by atoms with E-state index < -0.39 is 6.10 Å². The maximum atomic E-state index is 9.79. The monoisotopic (exact) mass is 216 g/mol. The van der Waals surface area contributed by atoms with Crippen LogP contribution >= 0.6 is 0 Å². The third-order valence-corrected chi connectivity index (χ3v) is 3.44. The molecule has 3 nitrogen and oxygen atoms in total. The van der Waals surface area contributed by atoms with Gasteiger partial charge in [0.1, 0.15) is 11.9 Å². The van der Waals surface area contributed by atoms with E-state index in [1.165, 1.54) is 19.3 Å². The summed E-state index contributed by atoms with van der Waals surface area (Å²) in [6.07, 6.45) is 3.21. The lowest BCUT2D eigenvalue weighted by Crippen LogP contribution is -2.20. The zero-order chi connectivity index (χ0) is 11.1. The number of benzene rings is 1. The van der Waals surface area contributed by atoms with E-state index >= 15 is 0 Å². The van der Waals surface area contributed by atoms with E-state index in [4.69, 9.17) is 0 Å². The molecule has 0 unspecified atom stereocenters. The largest absolute Gasteiger partial charge is 0.385 e. The molecule has 3 heteroatoms. The summed E-state index contributed by atoms with van der Waals surface area (Å²) in [7, 11) is 0. The number of hydrogen-bond acceptors (Lipinski definition) is 2. The van der Waals surface area contributed by atoms with Gasteiger partial charge in [-0.3, -0.25) is 0 Å². The second-order valence-electron chi connectivity index (χ2n) is 4.59. The molecule has 1 saturated carbocycles. The van der Waals surface area contributed by atoms with Gasteiger partial charge in [0, 0.05) is 6.04 Å². The van der Waals surface area contributed by atoms with Gasteiger partial charge in [-0.25, -0.2) is 4.98 Å². The molecule has 0 bridgehead atoms. The van der Waals surface area contributed by atoms with Gasteiger partial charge in [0.15, 0.2) is 0 Å². The van der Waals surface area contributed by atoms with E-state index in [1.54, 1.807) is 6.92 Å². The number of para-hydroxylation sites is 2. The fraction of sp³-hybridized carbons (Fsp3) is 0.462. The van der Waals surface area contributed by atoms with E-state index in [0.717, 1.165) is 16.9 Å². The predicted octanol–water partition coefficient (Wildman–Crippen LogP) is 2.81. The molecule has 0 spiro atoms. The summed E-state index contributed by atoms with van der Waals surface area (Å²) >= 11 is 0. The minimum atomic E-state index is -0.493. The molecule has 0 saturated heterocycles. The zero-order valence-electron chi connectivity index (χ0n) is 9.43. The Balaban J connectivity index is 2.23. The van der Waals surface area contributed by atoms with Crippen molar-refractivity contribution in [1.29, 1.82) is 0 Å². The number of fused-ring (bicyclic) bond motifs is 1. The molecule has 1 atom stereocenters. The first kappa shape index (κ1) is 9.85. The maximum absolute atomic E-state index is 9.79. The number of nitrogens with zero attached hydrogens (tertiary/aromatic N) is 2. The number of hydrogen-bond donors (Lipinski definition) is 1. The number of rotatable bonds is 2. The van der Waals surface area contributed by atoms with Crippen LogP contribution in [0.3, 0.4) is 0 Å². The smallest absolute Gasteiger partial charge is 0.138 e. The Kier molecular flexibility index (Phi) is 2.21. The molecule has 2 aromatic rings. The summed E-state index contributed by atoms with van der Waals surface area (Å²) < 4.78 is 2.23. The molecule has 16 heavy (non-hydrogen) atoms. The minimum absolute atomic E-state index is 0.493.